The van der Waals surface area contributed by atoms with Gasteiger partial charge < -0.3 is 14.8 Å². The highest BCUT2D eigenvalue weighted by Gasteiger charge is 2.08. The van der Waals surface area contributed by atoms with Gasteiger partial charge in [0, 0.05) is 17.1 Å². The molecule has 21 heavy (non-hydrogen) atoms. The van der Waals surface area contributed by atoms with E-state index in [2.05, 4.69) is 41.2 Å². The molecule has 0 saturated carbocycles. The summed E-state index contributed by atoms with van der Waals surface area (Å²) in [5.41, 5.74) is 1.18. The van der Waals surface area contributed by atoms with E-state index in [1.54, 1.807) is 18.4 Å². The van der Waals surface area contributed by atoms with Crippen LogP contribution in [0.25, 0.3) is 0 Å². The quantitative estimate of drug-likeness (QED) is 0.773. The molecule has 0 aliphatic carbocycles. The summed E-state index contributed by atoms with van der Waals surface area (Å²) in [6.45, 7) is 5.63. The number of methoxy groups -OCH3 is 1. The minimum Gasteiger partial charge on any atom is -0.493 e. The number of thiophene rings is 1. The molecule has 0 aliphatic heterocycles. The van der Waals surface area contributed by atoms with Crippen LogP contribution >= 0.6 is 27.3 Å². The topological polar surface area (TPSA) is 30.5 Å². The van der Waals surface area contributed by atoms with Gasteiger partial charge in [0.15, 0.2) is 11.5 Å². The zero-order valence-electron chi connectivity index (χ0n) is 12.5. The summed E-state index contributed by atoms with van der Waals surface area (Å²) in [4.78, 5) is 1.17. The van der Waals surface area contributed by atoms with E-state index in [0.717, 1.165) is 22.5 Å². The number of halogens is 1. The molecule has 114 valence electrons. The molecule has 0 aliphatic rings. The maximum atomic E-state index is 5.93. The maximum Gasteiger partial charge on any atom is 0.162 e. The summed E-state index contributed by atoms with van der Waals surface area (Å²) in [6.07, 6.45) is 0. The molecule has 3 nitrogen and oxygen atoms in total. The second kappa shape index (κ2) is 7.82. The summed E-state index contributed by atoms with van der Waals surface area (Å²) in [5, 5.41) is 5.45. The van der Waals surface area contributed by atoms with Crippen molar-refractivity contribution < 1.29 is 9.47 Å². The molecule has 0 saturated heterocycles. The van der Waals surface area contributed by atoms with Gasteiger partial charge in [0.25, 0.3) is 0 Å². The first kappa shape index (κ1) is 16.3. The number of rotatable bonds is 7. The third kappa shape index (κ3) is 4.73. The molecule has 5 heteroatoms. The van der Waals surface area contributed by atoms with E-state index in [-0.39, 0.29) is 0 Å². The largest absolute Gasteiger partial charge is 0.493 e. The fraction of sp³-hybridized carbons (Fsp3) is 0.375. The van der Waals surface area contributed by atoms with Gasteiger partial charge in [0.2, 0.25) is 0 Å². The van der Waals surface area contributed by atoms with Crippen LogP contribution in [0.15, 0.2) is 34.1 Å². The molecule has 0 radical (unpaired) electrons. The number of ether oxygens (including phenoxy) is 2. The van der Waals surface area contributed by atoms with Gasteiger partial charge in [-0.05, 0) is 45.1 Å². The highest BCUT2D eigenvalue weighted by molar-refractivity contribution is 9.10. The predicted molar refractivity (Wildman–Crippen MR) is 91.3 cm³/mol. The van der Waals surface area contributed by atoms with Crippen LogP contribution in [0.4, 0.5) is 0 Å². The third-order valence-electron chi connectivity index (χ3n) is 2.99. The van der Waals surface area contributed by atoms with Crippen molar-refractivity contribution in [3.05, 3.63) is 44.6 Å². The van der Waals surface area contributed by atoms with Crippen LogP contribution in [0.5, 0.6) is 11.5 Å². The third-order valence-corrected chi connectivity index (χ3v) is 4.89. The summed E-state index contributed by atoms with van der Waals surface area (Å²) < 4.78 is 12.4. The lowest BCUT2D eigenvalue weighted by molar-refractivity contribution is 0.286. The zero-order chi connectivity index (χ0) is 15.2. The van der Waals surface area contributed by atoms with Crippen LogP contribution in [-0.4, -0.2) is 13.2 Å². The molecule has 0 unspecified atom stereocenters. The average Bonchev–Trinajstić information content (AvgIpc) is 2.88. The lowest BCUT2D eigenvalue weighted by Gasteiger charge is -2.13. The van der Waals surface area contributed by atoms with E-state index in [4.69, 9.17) is 9.47 Å². The molecular weight excluding hydrogens is 350 g/mol. The van der Waals surface area contributed by atoms with E-state index in [9.17, 15) is 0 Å². The minimum absolute atomic E-state index is 0.457. The maximum absolute atomic E-state index is 5.93. The van der Waals surface area contributed by atoms with Gasteiger partial charge in [-0.2, -0.15) is 0 Å². The second-order valence-electron chi connectivity index (χ2n) is 5.00. The highest BCUT2D eigenvalue weighted by Crippen LogP contribution is 2.31. The normalized spacial score (nSPS) is 10.9. The SMILES string of the molecule is COc1ccc(CNC(C)C)cc1OCc1sccc1Br. The number of hydrogen-bond acceptors (Lipinski definition) is 4. The van der Waals surface area contributed by atoms with Gasteiger partial charge in [-0.25, -0.2) is 0 Å². The van der Waals surface area contributed by atoms with Crippen LogP contribution in [0, 0.1) is 0 Å². The van der Waals surface area contributed by atoms with E-state index in [0.29, 0.717) is 12.6 Å². The van der Waals surface area contributed by atoms with Crippen LogP contribution in [0.2, 0.25) is 0 Å². The Bertz CT molecular complexity index is 583. The van der Waals surface area contributed by atoms with Crippen LogP contribution in [-0.2, 0) is 13.2 Å². The van der Waals surface area contributed by atoms with E-state index >= 15 is 0 Å². The van der Waals surface area contributed by atoms with Crippen molar-refractivity contribution in [2.24, 2.45) is 0 Å². The summed E-state index contributed by atoms with van der Waals surface area (Å²) >= 11 is 5.20. The fourth-order valence-corrected chi connectivity index (χ4v) is 3.22. The van der Waals surface area contributed by atoms with E-state index in [1.807, 2.05) is 23.6 Å². The van der Waals surface area contributed by atoms with Crippen molar-refractivity contribution in [1.29, 1.82) is 0 Å². The van der Waals surface area contributed by atoms with Crippen LogP contribution < -0.4 is 14.8 Å². The highest BCUT2D eigenvalue weighted by atomic mass is 79.9. The molecule has 1 heterocycles. The Kier molecular flexibility index (Phi) is 6.08. The van der Waals surface area contributed by atoms with Gasteiger partial charge in [-0.3, -0.25) is 0 Å². The molecule has 0 amide bonds. The van der Waals surface area contributed by atoms with Gasteiger partial charge in [0.1, 0.15) is 6.61 Å². The smallest absolute Gasteiger partial charge is 0.162 e. The molecule has 1 N–H and O–H groups in total. The fourth-order valence-electron chi connectivity index (χ4n) is 1.84. The Balaban J connectivity index is 2.08. The Morgan fingerprint density at radius 1 is 1.24 bits per heavy atom. The number of hydrogen-bond donors (Lipinski definition) is 1. The zero-order valence-corrected chi connectivity index (χ0v) is 14.9. The second-order valence-corrected chi connectivity index (χ2v) is 6.86. The Morgan fingerprint density at radius 2 is 2.05 bits per heavy atom. The predicted octanol–water partition coefficient (Wildman–Crippen LogP) is 4.60. The molecule has 0 atom stereocenters. The molecule has 0 fully saturated rings. The Morgan fingerprint density at radius 3 is 2.67 bits per heavy atom. The molecule has 0 bridgehead atoms. The van der Waals surface area contributed by atoms with Crippen LogP contribution in [0.3, 0.4) is 0 Å². The molecule has 1 aromatic heterocycles. The van der Waals surface area contributed by atoms with E-state index < -0.39 is 0 Å². The first-order chi connectivity index (χ1) is 10.1. The van der Waals surface area contributed by atoms with Gasteiger partial charge in [-0.15, -0.1) is 11.3 Å². The van der Waals surface area contributed by atoms with Crippen molar-refractivity contribution in [1.82, 2.24) is 5.32 Å². The summed E-state index contributed by atoms with van der Waals surface area (Å²) in [7, 11) is 1.66. The lowest BCUT2D eigenvalue weighted by atomic mass is 10.2. The van der Waals surface area contributed by atoms with Crippen molar-refractivity contribution >= 4 is 27.3 Å². The monoisotopic (exact) mass is 369 g/mol. The van der Waals surface area contributed by atoms with Gasteiger partial charge >= 0.3 is 0 Å². The molecule has 1 aromatic carbocycles. The standard InChI is InChI=1S/C16H20BrNO2S/c1-11(2)18-9-12-4-5-14(19-3)15(8-12)20-10-16-13(17)6-7-21-16/h4-8,11,18H,9-10H2,1-3H3. The molecular formula is C16H20BrNO2S. The van der Waals surface area contributed by atoms with Crippen LogP contribution in [0.1, 0.15) is 24.3 Å². The minimum atomic E-state index is 0.457. The summed E-state index contributed by atoms with van der Waals surface area (Å²) in [5.74, 6) is 1.54. The van der Waals surface area contributed by atoms with Crippen molar-refractivity contribution in [2.75, 3.05) is 7.11 Å². The number of benzene rings is 1. The summed E-state index contributed by atoms with van der Waals surface area (Å²) in [6, 6.07) is 8.54. The Labute approximate surface area is 138 Å². The van der Waals surface area contributed by atoms with Gasteiger partial charge in [-0.1, -0.05) is 19.9 Å². The Hall–Kier alpha value is -1.04. The van der Waals surface area contributed by atoms with Crippen molar-refractivity contribution in [3.8, 4) is 11.5 Å². The number of nitrogens with one attached hydrogen (secondary N) is 1. The van der Waals surface area contributed by atoms with Crippen molar-refractivity contribution in [3.63, 3.8) is 0 Å². The first-order valence-electron chi connectivity index (χ1n) is 6.85. The molecule has 2 aromatic rings. The van der Waals surface area contributed by atoms with Crippen molar-refractivity contribution in [2.45, 2.75) is 33.0 Å². The lowest BCUT2D eigenvalue weighted by Crippen LogP contribution is -2.21. The molecule has 2 rings (SSSR count). The average molecular weight is 370 g/mol. The van der Waals surface area contributed by atoms with E-state index in [1.165, 1.54) is 10.4 Å². The molecule has 0 spiro atoms. The first-order valence-corrected chi connectivity index (χ1v) is 8.52. The van der Waals surface area contributed by atoms with Gasteiger partial charge in [0.05, 0.1) is 12.0 Å².